The van der Waals surface area contributed by atoms with Crippen molar-refractivity contribution < 1.29 is 20.1 Å². The summed E-state index contributed by atoms with van der Waals surface area (Å²) < 4.78 is 5.37. The van der Waals surface area contributed by atoms with Crippen LogP contribution in [-0.2, 0) is 4.74 Å². The van der Waals surface area contributed by atoms with Gasteiger partial charge in [0, 0.05) is 6.42 Å². The highest BCUT2D eigenvalue weighted by atomic mass is 16.5. The molecule has 1 fully saturated rings. The Bertz CT molecular complexity index is 160. The zero-order valence-electron chi connectivity index (χ0n) is 8.05. The molecule has 0 bridgehead atoms. The van der Waals surface area contributed by atoms with Gasteiger partial charge < -0.3 is 20.1 Å². The van der Waals surface area contributed by atoms with Crippen LogP contribution < -0.4 is 0 Å². The molecule has 0 aromatic heterocycles. The molecule has 0 saturated carbocycles. The van der Waals surface area contributed by atoms with Crippen LogP contribution in [0.15, 0.2) is 0 Å². The van der Waals surface area contributed by atoms with Gasteiger partial charge in [0.1, 0.15) is 6.10 Å². The van der Waals surface area contributed by atoms with Gasteiger partial charge in [-0.05, 0) is 5.92 Å². The number of ether oxygens (including phenoxy) is 1. The molecule has 4 heteroatoms. The molecule has 0 amide bonds. The lowest BCUT2D eigenvalue weighted by Crippen LogP contribution is -2.50. The summed E-state index contributed by atoms with van der Waals surface area (Å²) in [7, 11) is 0. The van der Waals surface area contributed by atoms with Crippen molar-refractivity contribution in [3.05, 3.63) is 0 Å². The summed E-state index contributed by atoms with van der Waals surface area (Å²) in [6.07, 6.45) is -1.92. The van der Waals surface area contributed by atoms with Gasteiger partial charge in [-0.15, -0.1) is 0 Å². The Balaban J connectivity index is 2.58. The minimum Gasteiger partial charge on any atom is -0.394 e. The van der Waals surface area contributed by atoms with Crippen LogP contribution in [0.5, 0.6) is 0 Å². The highest BCUT2D eigenvalue weighted by molar-refractivity contribution is 4.85. The Kier molecular flexibility index (Phi) is 3.67. The maximum atomic E-state index is 9.56. The topological polar surface area (TPSA) is 69.9 Å². The monoisotopic (exact) mass is 190 g/mol. The van der Waals surface area contributed by atoms with E-state index in [9.17, 15) is 10.2 Å². The lowest BCUT2D eigenvalue weighted by atomic mass is 9.92. The minimum absolute atomic E-state index is 0.191. The first-order chi connectivity index (χ1) is 6.06. The molecular formula is C9H18O4. The van der Waals surface area contributed by atoms with Gasteiger partial charge in [0.2, 0.25) is 0 Å². The van der Waals surface area contributed by atoms with Crippen molar-refractivity contribution >= 4 is 0 Å². The molecular weight excluding hydrogens is 172 g/mol. The third-order valence-electron chi connectivity index (χ3n) is 2.46. The first kappa shape index (κ1) is 10.9. The second-order valence-electron chi connectivity index (χ2n) is 3.94. The molecule has 0 radical (unpaired) electrons. The average molecular weight is 190 g/mol. The van der Waals surface area contributed by atoms with E-state index in [4.69, 9.17) is 9.84 Å². The Morgan fingerprint density at radius 3 is 2.38 bits per heavy atom. The van der Waals surface area contributed by atoms with Gasteiger partial charge in [-0.1, -0.05) is 13.8 Å². The zero-order chi connectivity index (χ0) is 10.0. The van der Waals surface area contributed by atoms with Crippen molar-refractivity contribution in [2.75, 3.05) is 6.61 Å². The predicted octanol–water partition coefficient (Wildman–Crippen LogP) is -0.486. The highest BCUT2D eigenvalue weighted by Gasteiger charge is 2.37. The molecule has 0 spiro atoms. The number of hydrogen-bond donors (Lipinski definition) is 3. The third-order valence-corrected chi connectivity index (χ3v) is 2.46. The Hall–Kier alpha value is -0.160. The van der Waals surface area contributed by atoms with Gasteiger partial charge in [-0.3, -0.25) is 0 Å². The fraction of sp³-hybridized carbons (Fsp3) is 1.00. The molecule has 4 nitrogen and oxygen atoms in total. The molecule has 1 aliphatic rings. The second-order valence-corrected chi connectivity index (χ2v) is 3.94. The molecule has 1 aliphatic heterocycles. The summed E-state index contributed by atoms with van der Waals surface area (Å²) >= 11 is 0. The van der Waals surface area contributed by atoms with Gasteiger partial charge in [0.25, 0.3) is 0 Å². The minimum atomic E-state index is -0.755. The summed E-state index contributed by atoms with van der Waals surface area (Å²) in [6, 6.07) is 0. The number of aliphatic hydroxyl groups is 3. The molecule has 13 heavy (non-hydrogen) atoms. The first-order valence-corrected chi connectivity index (χ1v) is 4.68. The molecule has 78 valence electrons. The lowest BCUT2D eigenvalue weighted by molar-refractivity contribution is -0.191. The molecule has 1 saturated heterocycles. The molecule has 0 aliphatic carbocycles. The maximum absolute atomic E-state index is 9.56. The van der Waals surface area contributed by atoms with Crippen molar-refractivity contribution in [2.24, 2.45) is 5.92 Å². The van der Waals surface area contributed by atoms with Gasteiger partial charge >= 0.3 is 0 Å². The summed E-state index contributed by atoms with van der Waals surface area (Å²) in [4.78, 5) is 0. The SMILES string of the molecule is CC(C)[C@@H]1OC(CO)[C@@H](O)CC1O. The third kappa shape index (κ3) is 2.40. The van der Waals surface area contributed by atoms with E-state index in [1.54, 1.807) is 0 Å². The molecule has 0 aromatic carbocycles. The summed E-state index contributed by atoms with van der Waals surface area (Å²) in [5.41, 5.74) is 0. The molecule has 1 rings (SSSR count). The molecule has 4 atom stereocenters. The van der Waals surface area contributed by atoms with Crippen LogP contribution >= 0.6 is 0 Å². The van der Waals surface area contributed by atoms with E-state index in [1.165, 1.54) is 0 Å². The van der Waals surface area contributed by atoms with E-state index < -0.39 is 18.3 Å². The standard InChI is InChI=1S/C9H18O4/c1-5(2)9-7(12)3-6(11)8(4-10)13-9/h5-12H,3-4H2,1-2H3/t6-,7?,8?,9-/m0/s1. The van der Waals surface area contributed by atoms with Gasteiger partial charge in [0.15, 0.2) is 0 Å². The maximum Gasteiger partial charge on any atom is 0.107 e. The largest absolute Gasteiger partial charge is 0.394 e. The zero-order valence-corrected chi connectivity index (χ0v) is 8.05. The highest BCUT2D eigenvalue weighted by Crippen LogP contribution is 2.24. The number of rotatable bonds is 2. The van der Waals surface area contributed by atoms with Crippen LogP contribution in [0.3, 0.4) is 0 Å². The smallest absolute Gasteiger partial charge is 0.107 e. The Morgan fingerprint density at radius 1 is 1.31 bits per heavy atom. The fourth-order valence-electron chi connectivity index (χ4n) is 1.68. The Labute approximate surface area is 78.1 Å². The van der Waals surface area contributed by atoms with Crippen LogP contribution in [0.1, 0.15) is 20.3 Å². The fourth-order valence-corrected chi connectivity index (χ4v) is 1.68. The van der Waals surface area contributed by atoms with Crippen molar-refractivity contribution in [1.82, 2.24) is 0 Å². The first-order valence-electron chi connectivity index (χ1n) is 4.68. The van der Waals surface area contributed by atoms with Crippen LogP contribution in [-0.4, -0.2) is 46.3 Å². The summed E-state index contributed by atoms with van der Waals surface area (Å²) in [6.45, 7) is 3.69. The van der Waals surface area contributed by atoms with E-state index in [0.29, 0.717) is 0 Å². The Morgan fingerprint density at radius 2 is 1.92 bits per heavy atom. The van der Waals surface area contributed by atoms with Crippen molar-refractivity contribution in [3.63, 3.8) is 0 Å². The van der Waals surface area contributed by atoms with Crippen molar-refractivity contribution in [2.45, 2.75) is 44.7 Å². The predicted molar refractivity (Wildman–Crippen MR) is 47.2 cm³/mol. The number of aliphatic hydroxyl groups excluding tert-OH is 3. The summed E-state index contributed by atoms with van der Waals surface area (Å²) in [5.74, 6) is 0.191. The van der Waals surface area contributed by atoms with Crippen molar-refractivity contribution in [1.29, 1.82) is 0 Å². The van der Waals surface area contributed by atoms with Gasteiger partial charge in [-0.2, -0.15) is 0 Å². The van der Waals surface area contributed by atoms with E-state index >= 15 is 0 Å². The summed E-state index contributed by atoms with van der Waals surface area (Å²) in [5, 5.41) is 27.8. The average Bonchev–Trinajstić information content (AvgIpc) is 2.03. The van der Waals surface area contributed by atoms with Gasteiger partial charge in [-0.25, -0.2) is 0 Å². The molecule has 1 heterocycles. The normalized spacial score (nSPS) is 41.1. The number of hydrogen-bond acceptors (Lipinski definition) is 4. The van der Waals surface area contributed by atoms with E-state index in [1.807, 2.05) is 13.8 Å². The van der Waals surface area contributed by atoms with Crippen molar-refractivity contribution in [3.8, 4) is 0 Å². The quantitative estimate of drug-likeness (QED) is 0.550. The molecule has 2 unspecified atom stereocenters. The van der Waals surface area contributed by atoms with E-state index in [2.05, 4.69) is 0 Å². The van der Waals surface area contributed by atoms with Crippen LogP contribution in [0, 0.1) is 5.92 Å². The molecule has 3 N–H and O–H groups in total. The van der Waals surface area contributed by atoms with E-state index in [0.717, 1.165) is 0 Å². The molecule has 0 aromatic rings. The lowest BCUT2D eigenvalue weighted by Gasteiger charge is -2.38. The van der Waals surface area contributed by atoms with Gasteiger partial charge in [0.05, 0.1) is 24.9 Å². The second kappa shape index (κ2) is 4.37. The van der Waals surface area contributed by atoms with Crippen LogP contribution in [0.4, 0.5) is 0 Å². The van der Waals surface area contributed by atoms with Crippen LogP contribution in [0.25, 0.3) is 0 Å². The van der Waals surface area contributed by atoms with E-state index in [-0.39, 0.29) is 25.0 Å². The van der Waals surface area contributed by atoms with Crippen LogP contribution in [0.2, 0.25) is 0 Å².